The van der Waals surface area contributed by atoms with Crippen LogP contribution in [0.15, 0.2) is 0 Å². The molecule has 0 spiro atoms. The van der Waals surface area contributed by atoms with Crippen LogP contribution >= 0.6 is 0 Å². The third kappa shape index (κ3) is 3.64. The summed E-state index contributed by atoms with van der Waals surface area (Å²) < 4.78 is 10.8. The van der Waals surface area contributed by atoms with E-state index < -0.39 is 5.60 Å². The van der Waals surface area contributed by atoms with Gasteiger partial charge in [-0.1, -0.05) is 0 Å². The molecule has 3 rings (SSSR count). The summed E-state index contributed by atoms with van der Waals surface area (Å²) >= 11 is 0. The predicted octanol–water partition coefficient (Wildman–Crippen LogP) is 3.22. The van der Waals surface area contributed by atoms with E-state index in [4.69, 9.17) is 9.47 Å². The summed E-state index contributed by atoms with van der Waals surface area (Å²) in [5.74, 6) is 1.21. The van der Waals surface area contributed by atoms with Crippen molar-refractivity contribution in [2.24, 2.45) is 23.7 Å². The Bertz CT molecular complexity index is 480. The fourth-order valence-electron chi connectivity index (χ4n) is 4.03. The molecule has 5 heteroatoms. The molecule has 0 unspecified atom stereocenters. The Kier molecular flexibility index (Phi) is 4.32. The highest BCUT2D eigenvalue weighted by atomic mass is 16.6. The van der Waals surface area contributed by atoms with Crippen LogP contribution in [0.4, 0.5) is 4.79 Å². The third-order valence-electron chi connectivity index (χ3n) is 5.21. The van der Waals surface area contributed by atoms with E-state index in [1.54, 1.807) is 0 Å². The van der Waals surface area contributed by atoms with E-state index in [-0.39, 0.29) is 29.9 Å². The molecule has 4 atom stereocenters. The van der Waals surface area contributed by atoms with E-state index in [2.05, 4.69) is 0 Å². The van der Waals surface area contributed by atoms with E-state index in [0.29, 0.717) is 18.4 Å². The number of nitrogens with zero attached hydrogens (tertiary/aromatic N) is 1. The molecule has 23 heavy (non-hydrogen) atoms. The fraction of sp³-hybridized carbons (Fsp3) is 0.889. The maximum absolute atomic E-state index is 12.7. The summed E-state index contributed by atoms with van der Waals surface area (Å²) in [5.41, 5.74) is -0.485. The number of fused-ring (bicyclic) bond motifs is 1. The minimum Gasteiger partial charge on any atom is -0.466 e. The normalized spacial score (nSPS) is 32.2. The summed E-state index contributed by atoms with van der Waals surface area (Å²) in [6, 6.07) is 0.143. The van der Waals surface area contributed by atoms with E-state index in [9.17, 15) is 9.59 Å². The Morgan fingerprint density at radius 1 is 1.13 bits per heavy atom. The largest absolute Gasteiger partial charge is 0.466 e. The van der Waals surface area contributed by atoms with Crippen LogP contribution in [0.25, 0.3) is 0 Å². The summed E-state index contributed by atoms with van der Waals surface area (Å²) in [6.45, 7) is 8.74. The number of carbonyl (C=O) groups excluding carboxylic acids is 2. The summed E-state index contributed by atoms with van der Waals surface area (Å²) in [6.07, 6.45) is 4.17. The first-order valence-electron chi connectivity index (χ1n) is 8.98. The van der Waals surface area contributed by atoms with Gasteiger partial charge >= 0.3 is 12.1 Å². The molecule has 3 fully saturated rings. The Hall–Kier alpha value is -1.26. The molecule has 3 aliphatic carbocycles. The van der Waals surface area contributed by atoms with Crippen LogP contribution in [-0.4, -0.2) is 41.8 Å². The van der Waals surface area contributed by atoms with E-state index in [1.165, 1.54) is 12.8 Å². The molecule has 0 aromatic carbocycles. The highest BCUT2D eigenvalue weighted by Gasteiger charge is 2.64. The summed E-state index contributed by atoms with van der Waals surface area (Å²) in [5, 5.41) is 0. The molecule has 5 nitrogen and oxygen atoms in total. The van der Waals surface area contributed by atoms with E-state index >= 15 is 0 Å². The summed E-state index contributed by atoms with van der Waals surface area (Å²) in [7, 11) is 0. The molecule has 1 amide bonds. The van der Waals surface area contributed by atoms with Crippen molar-refractivity contribution >= 4 is 12.1 Å². The first-order chi connectivity index (χ1) is 10.8. The molecule has 0 radical (unpaired) electrons. The van der Waals surface area contributed by atoms with Crippen molar-refractivity contribution in [1.29, 1.82) is 0 Å². The molecule has 0 aromatic rings. The van der Waals surface area contributed by atoms with Crippen LogP contribution in [0.2, 0.25) is 0 Å². The van der Waals surface area contributed by atoms with Crippen molar-refractivity contribution in [1.82, 2.24) is 4.90 Å². The average molecular weight is 323 g/mol. The second-order valence-corrected chi connectivity index (χ2v) is 8.24. The zero-order valence-electron chi connectivity index (χ0n) is 14.7. The Labute approximate surface area is 138 Å². The molecule has 130 valence electrons. The molecule has 3 saturated carbocycles. The van der Waals surface area contributed by atoms with Gasteiger partial charge in [-0.2, -0.15) is 0 Å². The molecule has 0 heterocycles. The van der Waals surface area contributed by atoms with E-state index in [1.807, 2.05) is 32.6 Å². The first-order valence-corrected chi connectivity index (χ1v) is 8.98. The van der Waals surface area contributed by atoms with Crippen LogP contribution in [0.1, 0.15) is 53.4 Å². The lowest BCUT2D eigenvalue weighted by Crippen LogP contribution is -2.45. The third-order valence-corrected chi connectivity index (χ3v) is 5.21. The van der Waals surface area contributed by atoms with Gasteiger partial charge in [0.2, 0.25) is 0 Å². The maximum Gasteiger partial charge on any atom is 0.410 e. The predicted molar refractivity (Wildman–Crippen MR) is 85.8 cm³/mol. The van der Waals surface area contributed by atoms with Gasteiger partial charge < -0.3 is 14.4 Å². The Balaban J connectivity index is 1.68. The van der Waals surface area contributed by atoms with Gasteiger partial charge in [0, 0.05) is 12.6 Å². The molecule has 0 bridgehead atoms. The van der Waals surface area contributed by atoms with Crippen molar-refractivity contribution in [3.05, 3.63) is 0 Å². The van der Waals surface area contributed by atoms with Gasteiger partial charge in [0.05, 0.1) is 12.5 Å². The molecule has 0 aliphatic heterocycles. The highest BCUT2D eigenvalue weighted by molar-refractivity contribution is 5.77. The fourth-order valence-corrected chi connectivity index (χ4v) is 4.03. The second kappa shape index (κ2) is 5.99. The monoisotopic (exact) mass is 323 g/mol. The quantitative estimate of drug-likeness (QED) is 0.729. The van der Waals surface area contributed by atoms with Crippen molar-refractivity contribution in [2.45, 2.75) is 65.0 Å². The number of amides is 1. The maximum atomic E-state index is 12.7. The molecule has 0 aromatic heterocycles. The van der Waals surface area contributed by atoms with Crippen LogP contribution < -0.4 is 0 Å². The van der Waals surface area contributed by atoms with Gasteiger partial charge in [0.15, 0.2) is 0 Å². The first kappa shape index (κ1) is 16.6. The number of hydrogen-bond acceptors (Lipinski definition) is 4. The molecular formula is C18H29NO4. The minimum absolute atomic E-state index is 0.00200. The number of esters is 1. The highest BCUT2D eigenvalue weighted by Crippen LogP contribution is 2.59. The van der Waals surface area contributed by atoms with Gasteiger partial charge in [0.1, 0.15) is 5.60 Å². The SMILES string of the molecule is CCOC(=O)[C@H]1[C@@H]2CC[C@H](N(CC3CC3)C(=O)OC(C)(C)C)[C@@H]21. The van der Waals surface area contributed by atoms with Gasteiger partial charge in [-0.15, -0.1) is 0 Å². The van der Waals surface area contributed by atoms with Crippen molar-refractivity contribution in [3.8, 4) is 0 Å². The number of ether oxygens (including phenoxy) is 2. The van der Waals surface area contributed by atoms with Crippen molar-refractivity contribution < 1.29 is 19.1 Å². The van der Waals surface area contributed by atoms with Gasteiger partial charge in [-0.25, -0.2) is 4.79 Å². The lowest BCUT2D eigenvalue weighted by molar-refractivity contribution is -0.145. The molecular weight excluding hydrogens is 294 g/mol. The molecule has 0 N–H and O–H groups in total. The van der Waals surface area contributed by atoms with Crippen LogP contribution in [-0.2, 0) is 14.3 Å². The molecule has 3 aliphatic rings. The van der Waals surface area contributed by atoms with E-state index in [0.717, 1.165) is 19.4 Å². The zero-order valence-corrected chi connectivity index (χ0v) is 14.7. The number of hydrogen-bond donors (Lipinski definition) is 0. The number of rotatable bonds is 5. The topological polar surface area (TPSA) is 55.8 Å². The van der Waals surface area contributed by atoms with Crippen molar-refractivity contribution in [2.75, 3.05) is 13.2 Å². The Morgan fingerprint density at radius 3 is 2.39 bits per heavy atom. The van der Waals surface area contributed by atoms with Crippen LogP contribution in [0.3, 0.4) is 0 Å². The standard InChI is InChI=1S/C18H29NO4/c1-5-22-16(20)15-12-8-9-13(14(12)15)19(10-11-6-7-11)17(21)23-18(2,3)4/h11-15H,5-10H2,1-4H3/t12-,13+,14-,15+/m1/s1. The lowest BCUT2D eigenvalue weighted by Gasteiger charge is -2.33. The van der Waals surface area contributed by atoms with Crippen LogP contribution in [0, 0.1) is 23.7 Å². The van der Waals surface area contributed by atoms with Crippen molar-refractivity contribution in [3.63, 3.8) is 0 Å². The van der Waals surface area contributed by atoms with Gasteiger partial charge in [-0.3, -0.25) is 4.79 Å². The molecule has 0 saturated heterocycles. The minimum atomic E-state index is -0.485. The van der Waals surface area contributed by atoms with Crippen LogP contribution in [0.5, 0.6) is 0 Å². The average Bonchev–Trinajstić information content (AvgIpc) is 3.34. The Morgan fingerprint density at radius 2 is 1.83 bits per heavy atom. The number of carbonyl (C=O) groups is 2. The second-order valence-electron chi connectivity index (χ2n) is 8.24. The smallest absolute Gasteiger partial charge is 0.410 e. The lowest BCUT2D eigenvalue weighted by atomic mass is 10.1. The van der Waals surface area contributed by atoms with Gasteiger partial charge in [0.25, 0.3) is 0 Å². The summed E-state index contributed by atoms with van der Waals surface area (Å²) in [4.78, 5) is 26.6. The zero-order chi connectivity index (χ0) is 16.8. The van der Waals surface area contributed by atoms with Gasteiger partial charge in [-0.05, 0) is 71.1 Å².